The molecule has 0 aliphatic carbocycles. The van der Waals surface area contributed by atoms with Gasteiger partial charge in [0.25, 0.3) is 0 Å². The van der Waals surface area contributed by atoms with Gasteiger partial charge in [0, 0.05) is 24.9 Å². The van der Waals surface area contributed by atoms with Crippen LogP contribution in [-0.4, -0.2) is 18.8 Å². The van der Waals surface area contributed by atoms with Crippen LogP contribution in [0.1, 0.15) is 16.7 Å². The number of aromatic hydroxyl groups is 1. The fourth-order valence-corrected chi connectivity index (χ4v) is 2.18. The number of phenolic OH excluding ortho intramolecular Hbond substituents is 1. The Labute approximate surface area is 120 Å². The van der Waals surface area contributed by atoms with E-state index in [4.69, 9.17) is 4.74 Å². The van der Waals surface area contributed by atoms with Crippen LogP contribution in [-0.2, 0) is 17.7 Å². The average Bonchev–Trinajstić information content (AvgIpc) is 2.47. The number of rotatable bonds is 6. The molecule has 2 aromatic carbocycles. The molecule has 0 fully saturated rings. The van der Waals surface area contributed by atoms with Gasteiger partial charge in [0.05, 0.1) is 6.61 Å². The Kier molecular flexibility index (Phi) is 5.02. The number of ether oxygens (including phenoxy) is 1. The monoisotopic (exact) mass is 271 g/mol. The second-order valence-electron chi connectivity index (χ2n) is 4.84. The molecule has 0 atom stereocenters. The molecular weight excluding hydrogens is 250 g/mol. The fourth-order valence-electron chi connectivity index (χ4n) is 2.18. The summed E-state index contributed by atoms with van der Waals surface area (Å²) in [5, 5.41) is 13.4. The lowest BCUT2D eigenvalue weighted by Crippen LogP contribution is -2.04. The highest BCUT2D eigenvalue weighted by molar-refractivity contribution is 5.52. The molecule has 0 saturated carbocycles. The fraction of sp³-hybridized carbons (Fsp3) is 0.294. The lowest BCUT2D eigenvalue weighted by atomic mass is 10.1. The summed E-state index contributed by atoms with van der Waals surface area (Å²) in [7, 11) is 1.71. The molecule has 2 N–H and O–H groups in total. The number of hydrogen-bond acceptors (Lipinski definition) is 3. The Bertz CT molecular complexity index is 567. The van der Waals surface area contributed by atoms with Crippen LogP contribution in [0.2, 0.25) is 0 Å². The van der Waals surface area contributed by atoms with E-state index in [0.29, 0.717) is 18.9 Å². The molecule has 0 bridgehead atoms. The Balaban J connectivity index is 2.09. The quantitative estimate of drug-likeness (QED) is 0.845. The van der Waals surface area contributed by atoms with E-state index in [1.165, 1.54) is 5.56 Å². The number of phenols is 1. The second-order valence-corrected chi connectivity index (χ2v) is 4.84. The summed E-state index contributed by atoms with van der Waals surface area (Å²) in [5.74, 6) is 0.370. The zero-order chi connectivity index (χ0) is 14.4. The van der Waals surface area contributed by atoms with Crippen LogP contribution in [0.3, 0.4) is 0 Å². The van der Waals surface area contributed by atoms with Crippen LogP contribution in [0.25, 0.3) is 0 Å². The molecule has 0 radical (unpaired) electrons. The summed E-state index contributed by atoms with van der Waals surface area (Å²) in [6.07, 6.45) is 0.874. The first kappa shape index (κ1) is 14.4. The normalized spacial score (nSPS) is 10.5. The van der Waals surface area contributed by atoms with Crippen molar-refractivity contribution in [2.75, 3.05) is 19.0 Å². The zero-order valence-electron chi connectivity index (χ0n) is 12.0. The van der Waals surface area contributed by atoms with Gasteiger partial charge >= 0.3 is 0 Å². The maximum atomic E-state index is 10.0. The third-order valence-electron chi connectivity index (χ3n) is 3.38. The molecular formula is C17H21NO2. The molecule has 0 aromatic heterocycles. The third kappa shape index (κ3) is 3.52. The largest absolute Gasteiger partial charge is 0.507 e. The summed E-state index contributed by atoms with van der Waals surface area (Å²) >= 11 is 0. The summed E-state index contributed by atoms with van der Waals surface area (Å²) in [5.41, 5.74) is 4.12. The molecule has 0 spiro atoms. The summed E-state index contributed by atoms with van der Waals surface area (Å²) in [6.45, 7) is 3.22. The van der Waals surface area contributed by atoms with Crippen molar-refractivity contribution in [2.24, 2.45) is 0 Å². The molecule has 0 aliphatic rings. The molecule has 106 valence electrons. The minimum Gasteiger partial charge on any atom is -0.507 e. The van der Waals surface area contributed by atoms with Gasteiger partial charge in [-0.3, -0.25) is 0 Å². The van der Waals surface area contributed by atoms with Crippen molar-refractivity contribution in [2.45, 2.75) is 19.9 Å². The lowest BCUT2D eigenvalue weighted by molar-refractivity contribution is 0.202. The second kappa shape index (κ2) is 6.96. The lowest BCUT2D eigenvalue weighted by Gasteiger charge is -2.13. The molecule has 0 unspecified atom stereocenters. The van der Waals surface area contributed by atoms with E-state index in [1.54, 1.807) is 7.11 Å². The van der Waals surface area contributed by atoms with Gasteiger partial charge in [0.2, 0.25) is 0 Å². The van der Waals surface area contributed by atoms with Crippen LogP contribution in [0.4, 0.5) is 5.69 Å². The van der Waals surface area contributed by atoms with Gasteiger partial charge in [-0.15, -0.1) is 0 Å². The van der Waals surface area contributed by atoms with Crippen molar-refractivity contribution in [1.82, 2.24) is 0 Å². The van der Waals surface area contributed by atoms with E-state index in [-0.39, 0.29) is 0 Å². The first-order valence-corrected chi connectivity index (χ1v) is 6.80. The summed E-state index contributed by atoms with van der Waals surface area (Å²) in [6, 6.07) is 14.0. The smallest absolute Gasteiger partial charge is 0.123 e. The van der Waals surface area contributed by atoms with Crippen LogP contribution in [0, 0.1) is 6.92 Å². The molecule has 20 heavy (non-hydrogen) atoms. The Morgan fingerprint density at radius 2 is 1.80 bits per heavy atom. The van der Waals surface area contributed by atoms with Crippen molar-refractivity contribution < 1.29 is 9.84 Å². The molecule has 2 aromatic rings. The predicted octanol–water partition coefficient (Wildman–Crippen LogP) is 3.50. The predicted molar refractivity (Wildman–Crippen MR) is 82.2 cm³/mol. The van der Waals surface area contributed by atoms with Crippen LogP contribution >= 0.6 is 0 Å². The number of benzene rings is 2. The number of hydrogen-bond donors (Lipinski definition) is 2. The topological polar surface area (TPSA) is 41.5 Å². The molecule has 0 saturated heterocycles. The molecule has 0 amide bonds. The minimum absolute atomic E-state index is 0.370. The maximum absolute atomic E-state index is 10.0. The highest BCUT2D eigenvalue weighted by Gasteiger charge is 2.05. The first-order chi connectivity index (χ1) is 9.72. The average molecular weight is 271 g/mol. The molecule has 3 heteroatoms. The first-order valence-electron chi connectivity index (χ1n) is 6.80. The van der Waals surface area contributed by atoms with Gasteiger partial charge in [-0.05, 0) is 30.5 Å². The standard InChI is InChI=1S/C17H21NO2/c1-13-6-5-8-15(17(13)19)12-18-16-9-4-3-7-14(16)10-11-20-2/h3-9,18-19H,10-12H2,1-2H3. The SMILES string of the molecule is COCCc1ccccc1NCc1cccc(C)c1O. The van der Waals surface area contributed by atoms with E-state index >= 15 is 0 Å². The minimum atomic E-state index is 0.370. The Morgan fingerprint density at radius 3 is 2.60 bits per heavy atom. The van der Waals surface area contributed by atoms with Gasteiger partial charge in [0.1, 0.15) is 5.75 Å². The highest BCUT2D eigenvalue weighted by Crippen LogP contribution is 2.23. The molecule has 0 heterocycles. The molecule has 2 rings (SSSR count). The van der Waals surface area contributed by atoms with Crippen molar-refractivity contribution in [3.05, 3.63) is 59.2 Å². The Hall–Kier alpha value is -2.00. The van der Waals surface area contributed by atoms with Gasteiger partial charge < -0.3 is 15.2 Å². The number of aryl methyl sites for hydroxylation is 1. The summed E-state index contributed by atoms with van der Waals surface area (Å²) in [4.78, 5) is 0. The zero-order valence-corrected chi connectivity index (χ0v) is 12.0. The number of nitrogens with one attached hydrogen (secondary N) is 1. The summed E-state index contributed by atoms with van der Waals surface area (Å²) < 4.78 is 5.13. The number of para-hydroxylation sites is 2. The van der Waals surface area contributed by atoms with E-state index < -0.39 is 0 Å². The van der Waals surface area contributed by atoms with Crippen LogP contribution < -0.4 is 5.32 Å². The van der Waals surface area contributed by atoms with E-state index in [9.17, 15) is 5.11 Å². The van der Waals surface area contributed by atoms with Crippen molar-refractivity contribution in [3.8, 4) is 5.75 Å². The van der Waals surface area contributed by atoms with Crippen molar-refractivity contribution in [1.29, 1.82) is 0 Å². The van der Waals surface area contributed by atoms with Gasteiger partial charge in [0.15, 0.2) is 0 Å². The third-order valence-corrected chi connectivity index (χ3v) is 3.38. The number of anilines is 1. The van der Waals surface area contributed by atoms with Crippen molar-refractivity contribution >= 4 is 5.69 Å². The number of methoxy groups -OCH3 is 1. The Morgan fingerprint density at radius 1 is 1.05 bits per heavy atom. The van der Waals surface area contributed by atoms with E-state index in [0.717, 1.165) is 23.2 Å². The van der Waals surface area contributed by atoms with Crippen LogP contribution in [0.15, 0.2) is 42.5 Å². The molecule has 0 aliphatic heterocycles. The van der Waals surface area contributed by atoms with Gasteiger partial charge in [-0.2, -0.15) is 0 Å². The molecule has 3 nitrogen and oxygen atoms in total. The van der Waals surface area contributed by atoms with Crippen molar-refractivity contribution in [3.63, 3.8) is 0 Å². The van der Waals surface area contributed by atoms with E-state index in [2.05, 4.69) is 17.4 Å². The highest BCUT2D eigenvalue weighted by atomic mass is 16.5. The van der Waals surface area contributed by atoms with E-state index in [1.807, 2.05) is 37.3 Å². The maximum Gasteiger partial charge on any atom is 0.123 e. The van der Waals surface area contributed by atoms with Gasteiger partial charge in [-0.25, -0.2) is 0 Å². The van der Waals surface area contributed by atoms with Gasteiger partial charge in [-0.1, -0.05) is 36.4 Å². The van der Waals surface area contributed by atoms with Crippen LogP contribution in [0.5, 0.6) is 5.75 Å².